The van der Waals surface area contributed by atoms with Crippen LogP contribution < -0.4 is 4.74 Å². The monoisotopic (exact) mass is 334 g/mol. The molecule has 24 heavy (non-hydrogen) atoms. The van der Waals surface area contributed by atoms with Crippen molar-refractivity contribution >= 4 is 23.9 Å². The summed E-state index contributed by atoms with van der Waals surface area (Å²) in [6, 6.07) is 5.61. The van der Waals surface area contributed by atoms with Crippen LogP contribution in [0, 0.1) is 0 Å². The number of hydrogen-bond donors (Lipinski definition) is 0. The standard InChI is InChI=1S/C16H18N2O6/c1-17-10-13(19)18(16(17)22)9-3-4-14(20)24-12-7-5-11(6-8-12)15(21)23-2/h5-8H,3-4,9-10H2,1-2H3. The summed E-state index contributed by atoms with van der Waals surface area (Å²) in [5.74, 6) is -0.916. The zero-order valence-electron chi connectivity index (χ0n) is 13.5. The second-order valence-corrected chi connectivity index (χ2v) is 5.28. The normalized spacial score (nSPS) is 14.1. The zero-order valence-corrected chi connectivity index (χ0v) is 13.5. The van der Waals surface area contributed by atoms with Crippen LogP contribution in [-0.2, 0) is 14.3 Å². The van der Waals surface area contributed by atoms with Crippen LogP contribution in [0.4, 0.5) is 4.79 Å². The van der Waals surface area contributed by atoms with Crippen LogP contribution in [0.2, 0.25) is 0 Å². The minimum atomic E-state index is -0.478. The molecule has 0 atom stereocenters. The second kappa shape index (κ2) is 7.58. The number of carbonyl (C=O) groups excluding carboxylic acids is 4. The molecule has 0 radical (unpaired) electrons. The molecule has 8 nitrogen and oxygen atoms in total. The molecule has 1 fully saturated rings. The van der Waals surface area contributed by atoms with Gasteiger partial charge < -0.3 is 14.4 Å². The summed E-state index contributed by atoms with van der Waals surface area (Å²) >= 11 is 0. The van der Waals surface area contributed by atoms with Gasteiger partial charge in [0.15, 0.2) is 0 Å². The molecule has 8 heteroatoms. The first-order valence-electron chi connectivity index (χ1n) is 7.37. The molecule has 2 rings (SSSR count). The van der Waals surface area contributed by atoms with Crippen molar-refractivity contribution in [1.82, 2.24) is 9.80 Å². The number of methoxy groups -OCH3 is 1. The molecule has 0 spiro atoms. The van der Waals surface area contributed by atoms with Crippen LogP contribution in [0.5, 0.6) is 5.75 Å². The average Bonchev–Trinajstić information content (AvgIpc) is 2.81. The van der Waals surface area contributed by atoms with Crippen molar-refractivity contribution in [3.63, 3.8) is 0 Å². The second-order valence-electron chi connectivity index (χ2n) is 5.28. The summed E-state index contributed by atoms with van der Waals surface area (Å²) in [6.45, 7) is 0.244. The van der Waals surface area contributed by atoms with Gasteiger partial charge in [-0.3, -0.25) is 14.5 Å². The first-order chi connectivity index (χ1) is 11.4. The van der Waals surface area contributed by atoms with Crippen molar-refractivity contribution in [1.29, 1.82) is 0 Å². The third-order valence-corrected chi connectivity index (χ3v) is 3.50. The number of benzene rings is 1. The SMILES string of the molecule is COC(=O)c1ccc(OC(=O)CCCN2C(=O)CN(C)C2=O)cc1. The fourth-order valence-corrected chi connectivity index (χ4v) is 2.23. The first-order valence-corrected chi connectivity index (χ1v) is 7.37. The number of amides is 3. The highest BCUT2D eigenvalue weighted by Gasteiger charge is 2.32. The lowest BCUT2D eigenvalue weighted by molar-refractivity contribution is -0.135. The lowest BCUT2D eigenvalue weighted by Gasteiger charge is -2.13. The molecular formula is C16H18N2O6. The minimum Gasteiger partial charge on any atom is -0.465 e. The van der Waals surface area contributed by atoms with Gasteiger partial charge in [0, 0.05) is 20.0 Å². The smallest absolute Gasteiger partial charge is 0.337 e. The number of rotatable bonds is 6. The molecule has 0 bridgehead atoms. The molecule has 0 aromatic heterocycles. The van der Waals surface area contributed by atoms with Gasteiger partial charge in [-0.05, 0) is 30.7 Å². The van der Waals surface area contributed by atoms with Crippen LogP contribution in [0.15, 0.2) is 24.3 Å². The van der Waals surface area contributed by atoms with E-state index in [2.05, 4.69) is 4.74 Å². The summed E-state index contributed by atoms with van der Waals surface area (Å²) in [6.07, 6.45) is 0.393. The van der Waals surface area contributed by atoms with E-state index in [1.165, 1.54) is 36.3 Å². The molecule has 1 saturated heterocycles. The Labute approximate surface area is 138 Å². The highest BCUT2D eigenvalue weighted by Crippen LogP contribution is 2.14. The van der Waals surface area contributed by atoms with E-state index in [9.17, 15) is 19.2 Å². The number of hydrogen-bond acceptors (Lipinski definition) is 6. The summed E-state index contributed by atoms with van der Waals surface area (Å²) in [4.78, 5) is 48.8. The van der Waals surface area contributed by atoms with Gasteiger partial charge in [-0.1, -0.05) is 0 Å². The third-order valence-electron chi connectivity index (χ3n) is 3.50. The number of esters is 2. The summed E-state index contributed by atoms with van der Waals surface area (Å²) in [7, 11) is 2.83. The van der Waals surface area contributed by atoms with Crippen LogP contribution >= 0.6 is 0 Å². The highest BCUT2D eigenvalue weighted by molar-refractivity contribution is 6.01. The van der Waals surface area contributed by atoms with Crippen molar-refractivity contribution in [3.05, 3.63) is 29.8 Å². The summed E-state index contributed by atoms with van der Waals surface area (Å²) in [5.41, 5.74) is 0.354. The molecule has 1 aliphatic heterocycles. The molecule has 1 heterocycles. The third kappa shape index (κ3) is 4.09. The number of urea groups is 1. The number of nitrogens with zero attached hydrogens (tertiary/aromatic N) is 2. The Morgan fingerprint density at radius 1 is 1.17 bits per heavy atom. The quantitative estimate of drug-likeness (QED) is 0.439. The lowest BCUT2D eigenvalue weighted by Crippen LogP contribution is -2.32. The first kappa shape index (κ1) is 17.5. The van der Waals surface area contributed by atoms with Gasteiger partial charge in [0.25, 0.3) is 0 Å². The van der Waals surface area contributed by atoms with E-state index in [4.69, 9.17) is 4.74 Å². The van der Waals surface area contributed by atoms with Crippen LogP contribution in [0.3, 0.4) is 0 Å². The predicted molar refractivity (Wildman–Crippen MR) is 82.4 cm³/mol. The van der Waals surface area contributed by atoms with E-state index in [-0.39, 0.29) is 31.4 Å². The van der Waals surface area contributed by atoms with E-state index >= 15 is 0 Å². The Morgan fingerprint density at radius 2 is 1.83 bits per heavy atom. The lowest BCUT2D eigenvalue weighted by atomic mass is 10.2. The summed E-state index contributed by atoms with van der Waals surface area (Å²) < 4.78 is 9.71. The number of ether oxygens (including phenoxy) is 2. The zero-order chi connectivity index (χ0) is 17.7. The largest absolute Gasteiger partial charge is 0.465 e. The molecule has 0 unspecified atom stereocenters. The Balaban J connectivity index is 1.78. The highest BCUT2D eigenvalue weighted by atomic mass is 16.5. The van der Waals surface area contributed by atoms with Gasteiger partial charge in [-0.15, -0.1) is 0 Å². The van der Waals surface area contributed by atoms with Crippen molar-refractivity contribution in [2.75, 3.05) is 27.2 Å². The van der Waals surface area contributed by atoms with Crippen molar-refractivity contribution < 1.29 is 28.7 Å². The van der Waals surface area contributed by atoms with Crippen molar-refractivity contribution in [2.24, 2.45) is 0 Å². The average molecular weight is 334 g/mol. The van der Waals surface area contributed by atoms with Gasteiger partial charge in [0.1, 0.15) is 12.3 Å². The maximum Gasteiger partial charge on any atom is 0.337 e. The number of likely N-dealkylation sites (N-methyl/N-ethyl adjacent to an activating group) is 1. The minimum absolute atomic E-state index is 0.0653. The van der Waals surface area contributed by atoms with Crippen LogP contribution in [-0.4, -0.2) is 60.9 Å². The van der Waals surface area contributed by atoms with E-state index in [0.717, 1.165) is 4.90 Å². The fourth-order valence-electron chi connectivity index (χ4n) is 2.23. The van der Waals surface area contributed by atoms with E-state index in [1.54, 1.807) is 7.05 Å². The number of carbonyl (C=O) groups is 4. The van der Waals surface area contributed by atoms with E-state index in [0.29, 0.717) is 17.7 Å². The van der Waals surface area contributed by atoms with Crippen LogP contribution in [0.25, 0.3) is 0 Å². The Kier molecular flexibility index (Phi) is 5.51. The van der Waals surface area contributed by atoms with E-state index < -0.39 is 11.9 Å². The maximum atomic E-state index is 11.8. The fraction of sp³-hybridized carbons (Fsp3) is 0.375. The molecule has 1 aliphatic rings. The van der Waals surface area contributed by atoms with Gasteiger partial charge in [-0.2, -0.15) is 0 Å². The molecule has 1 aromatic carbocycles. The molecular weight excluding hydrogens is 316 g/mol. The van der Waals surface area contributed by atoms with Crippen molar-refractivity contribution in [2.45, 2.75) is 12.8 Å². The topological polar surface area (TPSA) is 93.2 Å². The van der Waals surface area contributed by atoms with Gasteiger partial charge in [0.2, 0.25) is 5.91 Å². The molecule has 1 aromatic rings. The molecule has 0 saturated carbocycles. The van der Waals surface area contributed by atoms with E-state index in [1.807, 2.05) is 0 Å². The van der Waals surface area contributed by atoms with Crippen LogP contribution in [0.1, 0.15) is 23.2 Å². The maximum absolute atomic E-state index is 11.8. The molecule has 3 amide bonds. The number of imide groups is 1. The van der Waals surface area contributed by atoms with Gasteiger partial charge in [0.05, 0.1) is 12.7 Å². The van der Waals surface area contributed by atoms with Gasteiger partial charge in [-0.25, -0.2) is 9.59 Å². The summed E-state index contributed by atoms with van der Waals surface area (Å²) in [5, 5.41) is 0. The Bertz CT molecular complexity index is 655. The van der Waals surface area contributed by atoms with Crippen molar-refractivity contribution in [3.8, 4) is 5.75 Å². The Morgan fingerprint density at radius 3 is 2.38 bits per heavy atom. The molecule has 128 valence electrons. The predicted octanol–water partition coefficient (Wildman–Crippen LogP) is 1.05. The Hall–Kier alpha value is -2.90. The van der Waals surface area contributed by atoms with Gasteiger partial charge >= 0.3 is 18.0 Å². The molecule has 0 aliphatic carbocycles. The molecule has 0 N–H and O–H groups in total.